The fourth-order valence-electron chi connectivity index (χ4n) is 1.92. The van der Waals surface area contributed by atoms with Gasteiger partial charge in [0.15, 0.2) is 0 Å². The Kier molecular flexibility index (Phi) is 4.64. The minimum Gasteiger partial charge on any atom is -0.353 e. The average molecular weight is 258 g/mol. The van der Waals surface area contributed by atoms with Crippen LogP contribution in [0.1, 0.15) is 0 Å². The summed E-state index contributed by atoms with van der Waals surface area (Å²) >= 11 is 1.17. The Bertz CT molecular complexity index is 294. The minimum atomic E-state index is -0.351. The zero-order chi connectivity index (χ0) is 12.1. The SMILES string of the molecule is O=C1NC(C(=O)NCCN2CCNCC2)CS1. The summed E-state index contributed by atoms with van der Waals surface area (Å²) in [6.07, 6.45) is 0. The standard InChI is InChI=1S/C10H18N4O2S/c15-9(8-7-17-10(16)13-8)12-3-6-14-4-1-11-2-5-14/h8,11H,1-7H2,(H,12,15)(H,13,16). The molecule has 2 heterocycles. The molecule has 0 radical (unpaired) electrons. The Labute approximate surface area is 105 Å². The van der Waals surface area contributed by atoms with Gasteiger partial charge >= 0.3 is 0 Å². The topological polar surface area (TPSA) is 73.5 Å². The predicted molar refractivity (Wildman–Crippen MR) is 67.1 cm³/mol. The summed E-state index contributed by atoms with van der Waals surface area (Å²) in [6.45, 7) is 5.63. The Morgan fingerprint density at radius 1 is 1.47 bits per heavy atom. The van der Waals surface area contributed by atoms with Crippen molar-refractivity contribution in [1.29, 1.82) is 0 Å². The molecule has 2 amide bonds. The van der Waals surface area contributed by atoms with E-state index in [9.17, 15) is 9.59 Å². The summed E-state index contributed by atoms with van der Waals surface area (Å²) in [4.78, 5) is 24.9. The number of carbonyl (C=O) groups is 2. The van der Waals surface area contributed by atoms with Gasteiger partial charge in [0.2, 0.25) is 5.91 Å². The maximum Gasteiger partial charge on any atom is 0.279 e. The van der Waals surface area contributed by atoms with E-state index in [1.807, 2.05) is 0 Å². The van der Waals surface area contributed by atoms with Crippen molar-refractivity contribution in [2.24, 2.45) is 0 Å². The zero-order valence-electron chi connectivity index (χ0n) is 9.70. The van der Waals surface area contributed by atoms with Crippen molar-refractivity contribution in [3.05, 3.63) is 0 Å². The third-order valence-corrected chi connectivity index (χ3v) is 3.81. The molecule has 0 aromatic carbocycles. The summed E-state index contributed by atoms with van der Waals surface area (Å²) in [5, 5.41) is 8.67. The van der Waals surface area contributed by atoms with E-state index in [1.54, 1.807) is 0 Å². The van der Waals surface area contributed by atoms with Crippen molar-refractivity contribution < 1.29 is 9.59 Å². The molecule has 0 spiro atoms. The largest absolute Gasteiger partial charge is 0.353 e. The molecule has 0 bridgehead atoms. The Balaban J connectivity index is 1.61. The van der Waals surface area contributed by atoms with Gasteiger partial charge in [0, 0.05) is 45.0 Å². The highest BCUT2D eigenvalue weighted by atomic mass is 32.2. The first-order valence-electron chi connectivity index (χ1n) is 5.90. The third kappa shape index (κ3) is 3.86. The number of nitrogens with zero attached hydrogens (tertiary/aromatic N) is 1. The number of rotatable bonds is 4. The molecule has 2 aliphatic rings. The molecule has 17 heavy (non-hydrogen) atoms. The molecule has 2 aliphatic heterocycles. The number of hydrogen-bond donors (Lipinski definition) is 3. The van der Waals surface area contributed by atoms with Crippen LogP contribution in [-0.4, -0.2) is 67.1 Å². The highest BCUT2D eigenvalue weighted by Crippen LogP contribution is 2.12. The Hall–Kier alpha value is -0.790. The first-order valence-corrected chi connectivity index (χ1v) is 6.88. The van der Waals surface area contributed by atoms with Crippen LogP contribution in [0.2, 0.25) is 0 Å². The molecule has 0 aromatic heterocycles. The number of piperazine rings is 1. The smallest absolute Gasteiger partial charge is 0.279 e. The van der Waals surface area contributed by atoms with Crippen molar-refractivity contribution >= 4 is 22.9 Å². The zero-order valence-corrected chi connectivity index (χ0v) is 10.5. The van der Waals surface area contributed by atoms with Crippen molar-refractivity contribution in [1.82, 2.24) is 20.9 Å². The normalized spacial score (nSPS) is 25.6. The summed E-state index contributed by atoms with van der Waals surface area (Å²) in [5.41, 5.74) is 0. The maximum atomic E-state index is 11.7. The van der Waals surface area contributed by atoms with E-state index in [1.165, 1.54) is 11.8 Å². The van der Waals surface area contributed by atoms with Crippen LogP contribution in [0, 0.1) is 0 Å². The van der Waals surface area contributed by atoms with Crippen molar-refractivity contribution in [3.63, 3.8) is 0 Å². The number of nitrogens with one attached hydrogen (secondary N) is 3. The molecule has 1 unspecified atom stereocenters. The molecule has 3 N–H and O–H groups in total. The average Bonchev–Trinajstić information content (AvgIpc) is 2.77. The number of carbonyl (C=O) groups excluding carboxylic acids is 2. The monoisotopic (exact) mass is 258 g/mol. The number of amides is 2. The summed E-state index contributed by atoms with van der Waals surface area (Å²) in [7, 11) is 0. The van der Waals surface area contributed by atoms with Gasteiger partial charge in [-0.2, -0.15) is 0 Å². The number of thioether (sulfide) groups is 1. The lowest BCUT2D eigenvalue weighted by Gasteiger charge is -2.27. The van der Waals surface area contributed by atoms with Crippen LogP contribution >= 0.6 is 11.8 Å². The van der Waals surface area contributed by atoms with E-state index in [-0.39, 0.29) is 17.2 Å². The van der Waals surface area contributed by atoms with E-state index in [2.05, 4.69) is 20.9 Å². The fourth-order valence-corrected chi connectivity index (χ4v) is 2.70. The molecule has 7 heteroatoms. The highest BCUT2D eigenvalue weighted by Gasteiger charge is 2.27. The maximum absolute atomic E-state index is 11.7. The molecule has 0 aromatic rings. The lowest BCUT2D eigenvalue weighted by molar-refractivity contribution is -0.122. The molecule has 2 rings (SSSR count). The minimum absolute atomic E-state index is 0.0708. The van der Waals surface area contributed by atoms with Crippen LogP contribution in [0.3, 0.4) is 0 Å². The molecule has 2 fully saturated rings. The van der Waals surface area contributed by atoms with E-state index in [0.717, 1.165) is 32.7 Å². The van der Waals surface area contributed by atoms with Crippen LogP contribution in [0.5, 0.6) is 0 Å². The molecule has 0 saturated carbocycles. The van der Waals surface area contributed by atoms with Gasteiger partial charge in [0.25, 0.3) is 5.24 Å². The van der Waals surface area contributed by atoms with Gasteiger partial charge in [-0.15, -0.1) is 0 Å². The molecular weight excluding hydrogens is 240 g/mol. The second-order valence-corrected chi connectivity index (χ2v) is 5.17. The van der Waals surface area contributed by atoms with Gasteiger partial charge < -0.3 is 16.0 Å². The van der Waals surface area contributed by atoms with Crippen LogP contribution in [-0.2, 0) is 4.79 Å². The van der Waals surface area contributed by atoms with Gasteiger partial charge in [-0.3, -0.25) is 14.5 Å². The fraction of sp³-hybridized carbons (Fsp3) is 0.800. The highest BCUT2D eigenvalue weighted by molar-refractivity contribution is 8.14. The van der Waals surface area contributed by atoms with Gasteiger partial charge in [0.05, 0.1) is 0 Å². The van der Waals surface area contributed by atoms with Crippen LogP contribution in [0.4, 0.5) is 4.79 Å². The molecule has 0 aliphatic carbocycles. The van der Waals surface area contributed by atoms with Crippen molar-refractivity contribution in [2.45, 2.75) is 6.04 Å². The van der Waals surface area contributed by atoms with E-state index >= 15 is 0 Å². The molecule has 2 saturated heterocycles. The second-order valence-electron chi connectivity index (χ2n) is 4.18. The second kappa shape index (κ2) is 6.23. The van der Waals surface area contributed by atoms with E-state index in [4.69, 9.17) is 0 Å². The summed E-state index contributed by atoms with van der Waals surface area (Å²) in [6, 6.07) is -0.351. The van der Waals surface area contributed by atoms with Crippen LogP contribution in [0.15, 0.2) is 0 Å². The van der Waals surface area contributed by atoms with E-state index in [0.29, 0.717) is 12.3 Å². The molecule has 6 nitrogen and oxygen atoms in total. The van der Waals surface area contributed by atoms with Crippen molar-refractivity contribution in [3.8, 4) is 0 Å². The van der Waals surface area contributed by atoms with Gasteiger partial charge in [-0.1, -0.05) is 11.8 Å². The van der Waals surface area contributed by atoms with Crippen molar-refractivity contribution in [2.75, 3.05) is 45.0 Å². The lowest BCUT2D eigenvalue weighted by atomic mass is 10.3. The van der Waals surface area contributed by atoms with Gasteiger partial charge in [-0.25, -0.2) is 0 Å². The summed E-state index contributed by atoms with van der Waals surface area (Å²) in [5.74, 6) is 0.469. The van der Waals surface area contributed by atoms with Gasteiger partial charge in [0.1, 0.15) is 6.04 Å². The predicted octanol–water partition coefficient (Wildman–Crippen LogP) is -1.17. The molecule has 96 valence electrons. The quantitative estimate of drug-likeness (QED) is 0.593. The van der Waals surface area contributed by atoms with E-state index < -0.39 is 0 Å². The lowest BCUT2D eigenvalue weighted by Crippen LogP contribution is -2.48. The third-order valence-electron chi connectivity index (χ3n) is 2.93. The molecular formula is C10H18N4O2S. The summed E-state index contributed by atoms with van der Waals surface area (Å²) < 4.78 is 0. The van der Waals surface area contributed by atoms with Gasteiger partial charge in [-0.05, 0) is 0 Å². The first-order chi connectivity index (χ1) is 8.25. The first kappa shape index (κ1) is 12.7. The number of hydrogen-bond acceptors (Lipinski definition) is 5. The Morgan fingerprint density at radius 3 is 2.88 bits per heavy atom. The van der Waals surface area contributed by atoms with Crippen LogP contribution in [0.25, 0.3) is 0 Å². The molecule has 1 atom stereocenters. The Morgan fingerprint density at radius 2 is 2.24 bits per heavy atom. The van der Waals surface area contributed by atoms with Crippen LogP contribution < -0.4 is 16.0 Å².